The number of benzene rings is 1. The van der Waals surface area contributed by atoms with Crippen molar-refractivity contribution in [1.29, 1.82) is 0 Å². The van der Waals surface area contributed by atoms with E-state index >= 15 is 0 Å². The highest BCUT2D eigenvalue weighted by Crippen LogP contribution is 2.12. The summed E-state index contributed by atoms with van der Waals surface area (Å²) in [6.07, 6.45) is 1.03. The molecule has 4 nitrogen and oxygen atoms in total. The number of nitrogens with one attached hydrogen (secondary N) is 1. The fourth-order valence-corrected chi connectivity index (χ4v) is 1.81. The number of carbonyl (C=O) groups excluding carboxylic acids is 1. The van der Waals surface area contributed by atoms with Crippen LogP contribution in [0, 0.1) is 0 Å². The minimum absolute atomic E-state index is 0.118. The molecule has 0 amide bonds. The molecule has 1 N–H and O–H groups in total. The minimum Gasteiger partial charge on any atom is -0.497 e. The second-order valence-electron chi connectivity index (χ2n) is 4.93. The maximum atomic E-state index is 12.2. The first-order valence-electron chi connectivity index (χ1n) is 6.61. The number of ketones is 1. The zero-order valence-electron chi connectivity index (χ0n) is 12.3. The summed E-state index contributed by atoms with van der Waals surface area (Å²) in [5, 5.41) is 3.26. The molecule has 1 aromatic rings. The summed E-state index contributed by atoms with van der Waals surface area (Å²) in [6, 6.07) is 7.08. The molecule has 0 saturated carbocycles. The van der Waals surface area contributed by atoms with Crippen molar-refractivity contribution in [2.24, 2.45) is 0 Å². The van der Waals surface area contributed by atoms with Crippen molar-refractivity contribution < 1.29 is 9.53 Å². The molecular formula is C15H24N2O2. The van der Waals surface area contributed by atoms with E-state index in [9.17, 15) is 4.79 Å². The second kappa shape index (κ2) is 7.92. The highest BCUT2D eigenvalue weighted by atomic mass is 16.5. The predicted octanol–water partition coefficient (Wildman–Crippen LogP) is 1.81. The van der Waals surface area contributed by atoms with Gasteiger partial charge in [-0.25, -0.2) is 0 Å². The number of rotatable bonds is 8. The van der Waals surface area contributed by atoms with E-state index < -0.39 is 0 Å². The van der Waals surface area contributed by atoms with Crippen LogP contribution in [0.3, 0.4) is 0 Å². The van der Waals surface area contributed by atoms with Crippen LogP contribution in [0.2, 0.25) is 0 Å². The van der Waals surface area contributed by atoms with Gasteiger partial charge in [0.25, 0.3) is 0 Å². The van der Waals surface area contributed by atoms with E-state index in [1.165, 1.54) is 0 Å². The molecule has 1 unspecified atom stereocenters. The van der Waals surface area contributed by atoms with Crippen molar-refractivity contribution in [1.82, 2.24) is 10.2 Å². The summed E-state index contributed by atoms with van der Waals surface area (Å²) < 4.78 is 5.08. The third kappa shape index (κ3) is 5.41. The van der Waals surface area contributed by atoms with E-state index in [2.05, 4.69) is 10.2 Å². The number of Topliss-reactive ketones (excluding diaryl/α,β-unsaturated/α-hetero) is 1. The summed E-state index contributed by atoms with van der Waals surface area (Å²) in [5.41, 5.74) is 0.716. The van der Waals surface area contributed by atoms with Crippen LogP contribution in [0.4, 0.5) is 0 Å². The Hall–Kier alpha value is -1.39. The van der Waals surface area contributed by atoms with Gasteiger partial charge in [-0.3, -0.25) is 4.79 Å². The Bertz CT molecular complexity index is 388. The second-order valence-corrected chi connectivity index (χ2v) is 4.93. The zero-order valence-corrected chi connectivity index (χ0v) is 12.3. The van der Waals surface area contributed by atoms with Crippen molar-refractivity contribution in [2.45, 2.75) is 19.4 Å². The van der Waals surface area contributed by atoms with Gasteiger partial charge < -0.3 is 15.0 Å². The third-order valence-corrected chi connectivity index (χ3v) is 3.00. The molecule has 0 spiro atoms. The number of hydrogen-bond donors (Lipinski definition) is 1. The number of methoxy groups -OCH3 is 1. The predicted molar refractivity (Wildman–Crippen MR) is 78.0 cm³/mol. The van der Waals surface area contributed by atoms with E-state index in [-0.39, 0.29) is 11.8 Å². The molecule has 0 heterocycles. The van der Waals surface area contributed by atoms with Crippen molar-refractivity contribution in [2.75, 3.05) is 34.3 Å². The Morgan fingerprint density at radius 2 is 1.95 bits per heavy atom. The Labute approximate surface area is 115 Å². The van der Waals surface area contributed by atoms with Crippen LogP contribution < -0.4 is 10.1 Å². The zero-order chi connectivity index (χ0) is 14.3. The lowest BCUT2D eigenvalue weighted by molar-refractivity contribution is 0.0950. The molecule has 19 heavy (non-hydrogen) atoms. The Balaban J connectivity index is 2.42. The first-order valence-corrected chi connectivity index (χ1v) is 6.61. The third-order valence-electron chi connectivity index (χ3n) is 3.00. The number of ether oxygens (including phenoxy) is 1. The van der Waals surface area contributed by atoms with Crippen molar-refractivity contribution >= 4 is 5.78 Å². The van der Waals surface area contributed by atoms with Gasteiger partial charge in [0, 0.05) is 5.56 Å². The van der Waals surface area contributed by atoms with Gasteiger partial charge in [-0.1, -0.05) is 0 Å². The van der Waals surface area contributed by atoms with Gasteiger partial charge in [0.15, 0.2) is 5.78 Å². The van der Waals surface area contributed by atoms with E-state index in [1.807, 2.05) is 33.2 Å². The average Bonchev–Trinajstić information content (AvgIpc) is 2.42. The fourth-order valence-electron chi connectivity index (χ4n) is 1.81. The summed E-state index contributed by atoms with van der Waals surface area (Å²) in [6.45, 7) is 3.78. The van der Waals surface area contributed by atoms with Crippen LogP contribution in [0.15, 0.2) is 24.3 Å². The highest BCUT2D eigenvalue weighted by molar-refractivity contribution is 5.99. The summed E-state index contributed by atoms with van der Waals surface area (Å²) in [5.74, 6) is 0.885. The van der Waals surface area contributed by atoms with Crippen molar-refractivity contribution in [3.8, 4) is 5.75 Å². The lowest BCUT2D eigenvalue weighted by atomic mass is 10.1. The SMILES string of the molecule is COc1ccc(C(=O)C(C)NCCCN(C)C)cc1. The first kappa shape index (κ1) is 15.7. The monoisotopic (exact) mass is 264 g/mol. The molecule has 0 saturated heterocycles. The van der Waals surface area contributed by atoms with E-state index in [0.717, 1.165) is 25.3 Å². The first-order chi connectivity index (χ1) is 9.04. The summed E-state index contributed by atoms with van der Waals surface area (Å²) in [7, 11) is 5.71. The van der Waals surface area contributed by atoms with Crippen LogP contribution in [0.25, 0.3) is 0 Å². The minimum atomic E-state index is -0.157. The molecule has 0 aromatic heterocycles. The molecule has 1 aromatic carbocycles. The van der Waals surface area contributed by atoms with Crippen molar-refractivity contribution in [3.63, 3.8) is 0 Å². The number of hydrogen-bond acceptors (Lipinski definition) is 4. The van der Waals surface area contributed by atoms with Gasteiger partial charge in [0.1, 0.15) is 5.75 Å². The van der Waals surface area contributed by atoms with Crippen LogP contribution >= 0.6 is 0 Å². The van der Waals surface area contributed by atoms with Gasteiger partial charge in [0.2, 0.25) is 0 Å². The largest absolute Gasteiger partial charge is 0.497 e. The topological polar surface area (TPSA) is 41.6 Å². The molecule has 1 atom stereocenters. The van der Waals surface area contributed by atoms with E-state index in [0.29, 0.717) is 5.56 Å². The molecule has 0 fully saturated rings. The highest BCUT2D eigenvalue weighted by Gasteiger charge is 2.14. The van der Waals surface area contributed by atoms with Gasteiger partial charge in [-0.2, -0.15) is 0 Å². The molecule has 4 heteroatoms. The molecule has 0 radical (unpaired) electrons. The quantitative estimate of drug-likeness (QED) is 0.574. The van der Waals surface area contributed by atoms with Crippen LogP contribution in [-0.2, 0) is 0 Å². The molecule has 1 rings (SSSR count). The van der Waals surface area contributed by atoms with Gasteiger partial charge in [-0.05, 0) is 64.8 Å². The van der Waals surface area contributed by atoms with Gasteiger partial charge >= 0.3 is 0 Å². The number of nitrogens with zero attached hydrogens (tertiary/aromatic N) is 1. The number of carbonyl (C=O) groups is 1. The molecular weight excluding hydrogens is 240 g/mol. The maximum absolute atomic E-state index is 12.2. The molecule has 0 bridgehead atoms. The summed E-state index contributed by atoms with van der Waals surface area (Å²) >= 11 is 0. The average molecular weight is 264 g/mol. The van der Waals surface area contributed by atoms with Gasteiger partial charge in [0.05, 0.1) is 13.2 Å². The van der Waals surface area contributed by atoms with E-state index in [1.54, 1.807) is 19.2 Å². The lowest BCUT2D eigenvalue weighted by Gasteiger charge is -2.14. The van der Waals surface area contributed by atoms with Crippen LogP contribution in [-0.4, -0.2) is 51.0 Å². The van der Waals surface area contributed by atoms with Crippen LogP contribution in [0.5, 0.6) is 5.75 Å². The Kier molecular flexibility index (Phi) is 6.53. The Morgan fingerprint density at radius 3 is 2.47 bits per heavy atom. The Morgan fingerprint density at radius 1 is 1.32 bits per heavy atom. The smallest absolute Gasteiger partial charge is 0.179 e. The molecule has 0 aliphatic carbocycles. The lowest BCUT2D eigenvalue weighted by Crippen LogP contribution is -2.35. The maximum Gasteiger partial charge on any atom is 0.179 e. The fraction of sp³-hybridized carbons (Fsp3) is 0.533. The van der Waals surface area contributed by atoms with E-state index in [4.69, 9.17) is 4.74 Å². The van der Waals surface area contributed by atoms with Gasteiger partial charge in [-0.15, -0.1) is 0 Å². The molecule has 106 valence electrons. The summed E-state index contributed by atoms with van der Waals surface area (Å²) in [4.78, 5) is 14.3. The van der Waals surface area contributed by atoms with Crippen LogP contribution in [0.1, 0.15) is 23.7 Å². The molecule has 0 aliphatic rings. The molecule has 0 aliphatic heterocycles. The standard InChI is InChI=1S/C15H24N2O2/c1-12(16-10-5-11-17(2)3)15(18)13-6-8-14(19-4)9-7-13/h6-9,12,16H,5,10-11H2,1-4H3. The van der Waals surface area contributed by atoms with Crippen molar-refractivity contribution in [3.05, 3.63) is 29.8 Å². The normalized spacial score (nSPS) is 12.5.